The van der Waals surface area contributed by atoms with E-state index in [9.17, 15) is 0 Å². The van der Waals surface area contributed by atoms with Gasteiger partial charge in [0, 0.05) is 10.5 Å². The van der Waals surface area contributed by atoms with Gasteiger partial charge in [0.05, 0.1) is 6.61 Å². The summed E-state index contributed by atoms with van der Waals surface area (Å²) in [6, 6.07) is 6.97. The van der Waals surface area contributed by atoms with E-state index in [0.717, 1.165) is 35.8 Å². The molecule has 2 rings (SSSR count). The predicted octanol–water partition coefficient (Wildman–Crippen LogP) is 3.67. The first kappa shape index (κ1) is 12.9. The number of rotatable bonds is 7. The van der Waals surface area contributed by atoms with Crippen molar-refractivity contribution in [2.75, 3.05) is 13.2 Å². The van der Waals surface area contributed by atoms with E-state index in [2.05, 4.69) is 34.2 Å². The summed E-state index contributed by atoms with van der Waals surface area (Å²) in [4.78, 5) is 0. The largest absolute Gasteiger partial charge is 0.493 e. The Bertz CT molecular complexity index is 363. The van der Waals surface area contributed by atoms with E-state index in [-0.39, 0.29) is 0 Å². The quantitative estimate of drug-likeness (QED) is 0.776. The van der Waals surface area contributed by atoms with Gasteiger partial charge in [0.25, 0.3) is 0 Å². The number of ether oxygens (including phenoxy) is 1. The number of unbranched alkanes of at least 4 members (excludes halogenated alkanes) is 1. The highest BCUT2D eigenvalue weighted by molar-refractivity contribution is 9.10. The van der Waals surface area contributed by atoms with Crippen molar-refractivity contribution in [2.24, 2.45) is 0 Å². The van der Waals surface area contributed by atoms with Crippen molar-refractivity contribution in [1.29, 1.82) is 0 Å². The summed E-state index contributed by atoms with van der Waals surface area (Å²) >= 11 is 3.45. The number of nitrogens with one attached hydrogen (secondary N) is 1. The average molecular weight is 298 g/mol. The standard InChI is InChI=1S/C14H20BrNO/c1-11-10-12(15)4-7-14(11)17-9-3-2-8-16-13-5-6-13/h4,7,10,13,16H,2-3,5-6,8-9H2,1H3. The fourth-order valence-electron chi connectivity index (χ4n) is 1.78. The zero-order valence-corrected chi connectivity index (χ0v) is 11.9. The van der Waals surface area contributed by atoms with Crippen LogP contribution in [0.3, 0.4) is 0 Å². The number of benzene rings is 1. The second-order valence-electron chi connectivity index (χ2n) is 4.69. The van der Waals surface area contributed by atoms with Crippen molar-refractivity contribution in [1.82, 2.24) is 5.32 Å². The average Bonchev–Trinajstić information content (AvgIpc) is 3.09. The second-order valence-corrected chi connectivity index (χ2v) is 5.61. The van der Waals surface area contributed by atoms with Crippen molar-refractivity contribution >= 4 is 15.9 Å². The molecule has 0 amide bonds. The molecule has 0 aromatic heterocycles. The molecular formula is C14H20BrNO. The van der Waals surface area contributed by atoms with Crippen LogP contribution in [0.5, 0.6) is 5.75 Å². The summed E-state index contributed by atoms with van der Waals surface area (Å²) in [5.74, 6) is 1.00. The summed E-state index contributed by atoms with van der Waals surface area (Å²) in [6.45, 7) is 4.02. The molecular weight excluding hydrogens is 278 g/mol. The fourth-order valence-corrected chi connectivity index (χ4v) is 2.25. The van der Waals surface area contributed by atoms with Crippen LogP contribution in [-0.2, 0) is 0 Å². The molecule has 0 bridgehead atoms. The van der Waals surface area contributed by atoms with Crippen LogP contribution in [0.4, 0.5) is 0 Å². The molecule has 1 aliphatic rings. The maximum absolute atomic E-state index is 5.77. The lowest BCUT2D eigenvalue weighted by Gasteiger charge is -2.09. The van der Waals surface area contributed by atoms with Gasteiger partial charge in [-0.05, 0) is 62.9 Å². The first-order chi connectivity index (χ1) is 8.25. The molecule has 0 aliphatic heterocycles. The van der Waals surface area contributed by atoms with E-state index < -0.39 is 0 Å². The molecule has 0 spiro atoms. The minimum atomic E-state index is 0.814. The van der Waals surface area contributed by atoms with E-state index in [1.165, 1.54) is 24.8 Å². The van der Waals surface area contributed by atoms with Gasteiger partial charge in [-0.2, -0.15) is 0 Å². The zero-order valence-electron chi connectivity index (χ0n) is 10.3. The molecule has 1 aromatic carbocycles. The summed E-state index contributed by atoms with van der Waals surface area (Å²) < 4.78 is 6.87. The Balaban J connectivity index is 1.60. The van der Waals surface area contributed by atoms with Crippen LogP contribution in [0.15, 0.2) is 22.7 Å². The molecule has 1 aliphatic carbocycles. The zero-order chi connectivity index (χ0) is 12.1. The van der Waals surface area contributed by atoms with E-state index >= 15 is 0 Å². The Morgan fingerprint density at radius 2 is 2.18 bits per heavy atom. The molecule has 1 saturated carbocycles. The lowest BCUT2D eigenvalue weighted by Crippen LogP contribution is -2.17. The van der Waals surface area contributed by atoms with Gasteiger partial charge >= 0.3 is 0 Å². The Morgan fingerprint density at radius 3 is 2.88 bits per heavy atom. The molecule has 0 atom stereocenters. The Morgan fingerprint density at radius 1 is 1.35 bits per heavy atom. The third kappa shape index (κ3) is 4.68. The smallest absolute Gasteiger partial charge is 0.122 e. The number of hydrogen-bond donors (Lipinski definition) is 1. The third-order valence-corrected chi connectivity index (χ3v) is 3.47. The van der Waals surface area contributed by atoms with Crippen molar-refractivity contribution in [3.8, 4) is 5.75 Å². The first-order valence-corrected chi connectivity index (χ1v) is 7.17. The summed E-state index contributed by atoms with van der Waals surface area (Å²) in [5.41, 5.74) is 1.19. The molecule has 2 nitrogen and oxygen atoms in total. The number of halogens is 1. The van der Waals surface area contributed by atoms with Gasteiger partial charge in [-0.1, -0.05) is 15.9 Å². The van der Waals surface area contributed by atoms with E-state index in [1.54, 1.807) is 0 Å². The monoisotopic (exact) mass is 297 g/mol. The SMILES string of the molecule is Cc1cc(Br)ccc1OCCCCNC1CC1. The third-order valence-electron chi connectivity index (χ3n) is 2.98. The molecule has 17 heavy (non-hydrogen) atoms. The van der Waals surface area contributed by atoms with E-state index in [0.29, 0.717) is 0 Å². The Kier molecular flexibility index (Phi) is 4.86. The molecule has 0 heterocycles. The minimum Gasteiger partial charge on any atom is -0.493 e. The highest BCUT2D eigenvalue weighted by Crippen LogP contribution is 2.22. The maximum atomic E-state index is 5.77. The van der Waals surface area contributed by atoms with Crippen LogP contribution in [0, 0.1) is 6.92 Å². The van der Waals surface area contributed by atoms with Gasteiger partial charge in [-0.15, -0.1) is 0 Å². The highest BCUT2D eigenvalue weighted by Gasteiger charge is 2.19. The molecule has 1 fully saturated rings. The first-order valence-electron chi connectivity index (χ1n) is 6.38. The van der Waals surface area contributed by atoms with Gasteiger partial charge in [0.2, 0.25) is 0 Å². The van der Waals surface area contributed by atoms with Gasteiger partial charge in [0.1, 0.15) is 5.75 Å². The van der Waals surface area contributed by atoms with Crippen LogP contribution < -0.4 is 10.1 Å². The van der Waals surface area contributed by atoms with Crippen LogP contribution in [-0.4, -0.2) is 19.2 Å². The van der Waals surface area contributed by atoms with Crippen LogP contribution in [0.25, 0.3) is 0 Å². The molecule has 94 valence electrons. The van der Waals surface area contributed by atoms with Crippen LogP contribution in [0.2, 0.25) is 0 Å². The molecule has 0 radical (unpaired) electrons. The Labute approximate surface area is 112 Å². The topological polar surface area (TPSA) is 21.3 Å². The molecule has 1 aromatic rings. The molecule has 0 saturated heterocycles. The van der Waals surface area contributed by atoms with E-state index in [4.69, 9.17) is 4.74 Å². The molecule has 1 N–H and O–H groups in total. The lowest BCUT2D eigenvalue weighted by atomic mass is 10.2. The van der Waals surface area contributed by atoms with Crippen molar-refractivity contribution in [2.45, 2.75) is 38.6 Å². The van der Waals surface area contributed by atoms with Gasteiger partial charge in [0.15, 0.2) is 0 Å². The van der Waals surface area contributed by atoms with Crippen molar-refractivity contribution < 1.29 is 4.74 Å². The van der Waals surface area contributed by atoms with Gasteiger partial charge in [-0.3, -0.25) is 0 Å². The fraction of sp³-hybridized carbons (Fsp3) is 0.571. The molecule has 0 unspecified atom stereocenters. The number of aryl methyl sites for hydroxylation is 1. The number of hydrogen-bond acceptors (Lipinski definition) is 2. The van der Waals surface area contributed by atoms with Crippen molar-refractivity contribution in [3.05, 3.63) is 28.2 Å². The predicted molar refractivity (Wildman–Crippen MR) is 74.6 cm³/mol. The summed E-state index contributed by atoms with van der Waals surface area (Å²) in [5, 5.41) is 3.51. The Hall–Kier alpha value is -0.540. The van der Waals surface area contributed by atoms with Crippen LogP contribution in [0.1, 0.15) is 31.2 Å². The highest BCUT2D eigenvalue weighted by atomic mass is 79.9. The van der Waals surface area contributed by atoms with Crippen molar-refractivity contribution in [3.63, 3.8) is 0 Å². The lowest BCUT2D eigenvalue weighted by molar-refractivity contribution is 0.304. The molecule has 3 heteroatoms. The normalized spacial score (nSPS) is 14.9. The second kappa shape index (κ2) is 6.41. The van der Waals surface area contributed by atoms with E-state index in [1.807, 2.05) is 12.1 Å². The summed E-state index contributed by atoms with van der Waals surface area (Å²) in [6.07, 6.45) is 5.06. The van der Waals surface area contributed by atoms with Gasteiger partial charge < -0.3 is 10.1 Å². The van der Waals surface area contributed by atoms with Crippen LogP contribution >= 0.6 is 15.9 Å². The maximum Gasteiger partial charge on any atom is 0.122 e. The minimum absolute atomic E-state index is 0.814. The van der Waals surface area contributed by atoms with Gasteiger partial charge in [-0.25, -0.2) is 0 Å². The summed E-state index contributed by atoms with van der Waals surface area (Å²) in [7, 11) is 0.